The molecule has 3 aromatic rings. The molecule has 0 radical (unpaired) electrons. The average molecular weight is 373 g/mol. The molecule has 7 heteroatoms. The zero-order chi connectivity index (χ0) is 15.0. The lowest BCUT2D eigenvalue weighted by atomic mass is 10.2. The normalized spacial score (nSPS) is 11.2. The molecular formula is C14H9BrClF2N3. The van der Waals surface area contributed by atoms with E-state index in [9.17, 15) is 8.78 Å². The van der Waals surface area contributed by atoms with Crippen molar-refractivity contribution in [3.63, 3.8) is 0 Å². The Morgan fingerprint density at radius 1 is 1.24 bits per heavy atom. The first-order valence-corrected chi connectivity index (χ1v) is 7.47. The Kier molecular flexibility index (Phi) is 3.91. The molecule has 0 aliphatic carbocycles. The smallest absolute Gasteiger partial charge is 0.164 e. The van der Waals surface area contributed by atoms with Crippen molar-refractivity contribution in [2.75, 3.05) is 5.88 Å². The maximum Gasteiger partial charge on any atom is 0.164 e. The molecule has 1 aromatic carbocycles. The van der Waals surface area contributed by atoms with E-state index in [0.29, 0.717) is 29.3 Å². The molecule has 0 aliphatic heterocycles. The van der Waals surface area contributed by atoms with E-state index >= 15 is 0 Å². The van der Waals surface area contributed by atoms with Crippen LogP contribution in [0.4, 0.5) is 8.78 Å². The van der Waals surface area contributed by atoms with E-state index in [-0.39, 0.29) is 5.69 Å². The van der Waals surface area contributed by atoms with Crippen molar-refractivity contribution in [1.82, 2.24) is 14.5 Å². The molecule has 0 saturated heterocycles. The number of pyridine rings is 1. The van der Waals surface area contributed by atoms with Crippen LogP contribution in [-0.4, -0.2) is 20.4 Å². The highest BCUT2D eigenvalue weighted by molar-refractivity contribution is 9.10. The fourth-order valence-corrected chi connectivity index (χ4v) is 2.64. The standard InChI is InChI=1S/C14H9BrClF2N3/c15-8-5-11-14(19-7-8)21(13(20-11)3-4-16)12-6-9(17)1-2-10(12)18/h1-2,5-7H,3-4H2. The lowest BCUT2D eigenvalue weighted by Crippen LogP contribution is -2.05. The van der Waals surface area contributed by atoms with E-state index in [1.54, 1.807) is 12.3 Å². The monoisotopic (exact) mass is 371 g/mol. The van der Waals surface area contributed by atoms with Crippen molar-refractivity contribution in [2.45, 2.75) is 6.42 Å². The van der Waals surface area contributed by atoms with E-state index in [0.717, 1.165) is 22.7 Å². The van der Waals surface area contributed by atoms with Gasteiger partial charge in [-0.2, -0.15) is 0 Å². The van der Waals surface area contributed by atoms with E-state index in [1.165, 1.54) is 4.57 Å². The second-order valence-corrected chi connectivity index (χ2v) is 5.69. The van der Waals surface area contributed by atoms with Gasteiger partial charge in [0.1, 0.15) is 23.0 Å². The first-order valence-electron chi connectivity index (χ1n) is 6.14. The van der Waals surface area contributed by atoms with E-state index in [4.69, 9.17) is 11.6 Å². The van der Waals surface area contributed by atoms with Crippen LogP contribution in [0.15, 0.2) is 34.9 Å². The highest BCUT2D eigenvalue weighted by Gasteiger charge is 2.17. The summed E-state index contributed by atoms with van der Waals surface area (Å²) in [5.41, 5.74) is 1.13. The Hall–Kier alpha value is -1.53. The van der Waals surface area contributed by atoms with Gasteiger partial charge < -0.3 is 0 Å². The number of nitrogens with zero attached hydrogens (tertiary/aromatic N) is 3. The van der Waals surface area contributed by atoms with Gasteiger partial charge in [0.15, 0.2) is 5.65 Å². The maximum absolute atomic E-state index is 14.1. The zero-order valence-corrected chi connectivity index (χ0v) is 13.0. The number of alkyl halides is 1. The van der Waals surface area contributed by atoms with Crippen LogP contribution in [0.2, 0.25) is 0 Å². The Labute approximate surface area is 132 Å². The van der Waals surface area contributed by atoms with Gasteiger partial charge in [0, 0.05) is 29.0 Å². The molecule has 108 valence electrons. The van der Waals surface area contributed by atoms with Gasteiger partial charge in [0.25, 0.3) is 0 Å². The van der Waals surface area contributed by atoms with Crippen molar-refractivity contribution in [1.29, 1.82) is 0 Å². The lowest BCUT2D eigenvalue weighted by molar-refractivity contribution is 0.591. The molecule has 2 aromatic heterocycles. The third-order valence-corrected chi connectivity index (χ3v) is 3.62. The van der Waals surface area contributed by atoms with Crippen molar-refractivity contribution >= 4 is 38.7 Å². The van der Waals surface area contributed by atoms with Crippen LogP contribution in [0.3, 0.4) is 0 Å². The maximum atomic E-state index is 14.1. The molecule has 0 fully saturated rings. The number of fused-ring (bicyclic) bond motifs is 1. The number of aromatic nitrogens is 3. The minimum Gasteiger partial charge on any atom is -0.278 e. The molecule has 0 atom stereocenters. The Morgan fingerprint density at radius 3 is 2.81 bits per heavy atom. The summed E-state index contributed by atoms with van der Waals surface area (Å²) in [6, 6.07) is 5.05. The number of imidazole rings is 1. The van der Waals surface area contributed by atoms with Gasteiger partial charge in [-0.1, -0.05) is 0 Å². The van der Waals surface area contributed by atoms with Crippen molar-refractivity contribution in [3.05, 3.63) is 52.4 Å². The number of hydrogen-bond donors (Lipinski definition) is 0. The van der Waals surface area contributed by atoms with Crippen LogP contribution in [0.5, 0.6) is 0 Å². The molecule has 0 aliphatic rings. The van der Waals surface area contributed by atoms with Crippen LogP contribution in [-0.2, 0) is 6.42 Å². The third kappa shape index (κ3) is 2.65. The zero-order valence-electron chi connectivity index (χ0n) is 10.7. The molecule has 0 spiro atoms. The molecule has 0 bridgehead atoms. The molecule has 0 saturated carbocycles. The summed E-state index contributed by atoms with van der Waals surface area (Å²) in [4.78, 5) is 8.66. The average Bonchev–Trinajstić information content (AvgIpc) is 2.79. The van der Waals surface area contributed by atoms with Crippen LogP contribution in [0.1, 0.15) is 5.82 Å². The van der Waals surface area contributed by atoms with Crippen molar-refractivity contribution < 1.29 is 8.78 Å². The number of rotatable bonds is 3. The van der Waals surface area contributed by atoms with Gasteiger partial charge in [-0.15, -0.1) is 11.6 Å². The molecule has 0 N–H and O–H groups in total. The topological polar surface area (TPSA) is 30.7 Å². The predicted octanol–water partition coefficient (Wildman–Crippen LogP) is 4.24. The largest absolute Gasteiger partial charge is 0.278 e. The first-order chi connectivity index (χ1) is 10.1. The van der Waals surface area contributed by atoms with Gasteiger partial charge in [-0.3, -0.25) is 4.57 Å². The molecule has 21 heavy (non-hydrogen) atoms. The van der Waals surface area contributed by atoms with Crippen LogP contribution < -0.4 is 0 Å². The SMILES string of the molecule is Fc1ccc(F)c(-n2c(CCCl)nc3cc(Br)cnc32)c1. The minimum atomic E-state index is -0.545. The van der Waals surface area contributed by atoms with Gasteiger partial charge in [0.05, 0.1) is 5.69 Å². The minimum absolute atomic E-state index is 0.0763. The lowest BCUT2D eigenvalue weighted by Gasteiger charge is -2.09. The molecule has 0 amide bonds. The second-order valence-electron chi connectivity index (χ2n) is 4.39. The molecule has 3 nitrogen and oxygen atoms in total. The van der Waals surface area contributed by atoms with Gasteiger partial charge in [-0.25, -0.2) is 18.7 Å². The Morgan fingerprint density at radius 2 is 2.05 bits per heavy atom. The van der Waals surface area contributed by atoms with Crippen LogP contribution >= 0.6 is 27.5 Å². The van der Waals surface area contributed by atoms with E-state index < -0.39 is 11.6 Å². The highest BCUT2D eigenvalue weighted by atomic mass is 79.9. The fraction of sp³-hybridized carbons (Fsp3) is 0.143. The number of halogens is 4. The number of hydrogen-bond acceptors (Lipinski definition) is 2. The van der Waals surface area contributed by atoms with E-state index in [2.05, 4.69) is 25.9 Å². The van der Waals surface area contributed by atoms with Crippen LogP contribution in [0.25, 0.3) is 16.9 Å². The van der Waals surface area contributed by atoms with Crippen molar-refractivity contribution in [2.24, 2.45) is 0 Å². The summed E-state index contributed by atoms with van der Waals surface area (Å²) >= 11 is 9.09. The Bertz CT molecular complexity index is 819. The summed E-state index contributed by atoms with van der Waals surface area (Å²) in [5, 5.41) is 0. The quantitative estimate of drug-likeness (QED) is 0.644. The van der Waals surface area contributed by atoms with Gasteiger partial charge in [0.2, 0.25) is 0 Å². The highest BCUT2D eigenvalue weighted by Crippen LogP contribution is 2.25. The second kappa shape index (κ2) is 5.69. The summed E-state index contributed by atoms with van der Waals surface area (Å²) in [5.74, 6) is -0.213. The first kappa shape index (κ1) is 14.4. The van der Waals surface area contributed by atoms with Crippen molar-refractivity contribution in [3.8, 4) is 5.69 Å². The van der Waals surface area contributed by atoms with E-state index in [1.807, 2.05) is 0 Å². The third-order valence-electron chi connectivity index (χ3n) is 3.00. The molecule has 3 rings (SSSR count). The number of benzene rings is 1. The summed E-state index contributed by atoms with van der Waals surface area (Å²) in [7, 11) is 0. The molecule has 2 heterocycles. The van der Waals surface area contributed by atoms with Gasteiger partial charge >= 0.3 is 0 Å². The van der Waals surface area contributed by atoms with Crippen LogP contribution in [0, 0.1) is 11.6 Å². The molecular weight excluding hydrogens is 364 g/mol. The fourth-order valence-electron chi connectivity index (χ4n) is 2.15. The molecule has 0 unspecified atom stereocenters. The number of aryl methyl sites for hydroxylation is 1. The predicted molar refractivity (Wildman–Crippen MR) is 80.9 cm³/mol. The summed E-state index contributed by atoms with van der Waals surface area (Å²) in [6.07, 6.45) is 2.01. The summed E-state index contributed by atoms with van der Waals surface area (Å²) in [6.45, 7) is 0. The Balaban J connectivity index is 2.33. The van der Waals surface area contributed by atoms with Gasteiger partial charge in [-0.05, 0) is 34.1 Å². The summed E-state index contributed by atoms with van der Waals surface area (Å²) < 4.78 is 29.8.